The number of carbonyl (C=O) groups excluding carboxylic acids is 1. The Morgan fingerprint density at radius 3 is 2.92 bits per heavy atom. The molecule has 1 aromatic rings. The van der Waals surface area contributed by atoms with E-state index in [0.29, 0.717) is 6.54 Å². The summed E-state index contributed by atoms with van der Waals surface area (Å²) in [6.45, 7) is 3.23. The summed E-state index contributed by atoms with van der Waals surface area (Å²) < 4.78 is 0. The lowest BCUT2D eigenvalue weighted by molar-refractivity contribution is 0.112. The molecule has 0 aliphatic carbocycles. The monoisotopic (exact) mass is 178 g/mol. The average Bonchev–Trinajstić information content (AvgIpc) is 2.16. The molecule has 3 heteroatoms. The Labute approximate surface area is 77.9 Å². The van der Waals surface area contributed by atoms with Crippen molar-refractivity contribution in [1.29, 1.82) is 0 Å². The van der Waals surface area contributed by atoms with Crippen molar-refractivity contribution in [2.75, 3.05) is 18.4 Å². The number of benzene rings is 1. The zero-order valence-corrected chi connectivity index (χ0v) is 7.71. The SMILES string of the molecule is Cc1c(C=O)cccc1NCCN. The van der Waals surface area contributed by atoms with E-state index in [1.165, 1.54) is 0 Å². The van der Waals surface area contributed by atoms with Crippen molar-refractivity contribution >= 4 is 12.0 Å². The molecular formula is C10H14N2O. The number of nitrogens with two attached hydrogens (primary N) is 1. The number of carbonyl (C=O) groups is 1. The predicted molar refractivity (Wildman–Crippen MR) is 54.1 cm³/mol. The summed E-state index contributed by atoms with van der Waals surface area (Å²) in [6, 6.07) is 5.60. The van der Waals surface area contributed by atoms with Crippen LogP contribution < -0.4 is 11.1 Å². The van der Waals surface area contributed by atoms with E-state index in [1.54, 1.807) is 6.07 Å². The topological polar surface area (TPSA) is 55.1 Å². The van der Waals surface area contributed by atoms with Crippen molar-refractivity contribution in [2.24, 2.45) is 5.73 Å². The van der Waals surface area contributed by atoms with Crippen LogP contribution in [0, 0.1) is 6.92 Å². The zero-order chi connectivity index (χ0) is 9.68. The van der Waals surface area contributed by atoms with Gasteiger partial charge in [-0.05, 0) is 18.6 Å². The molecule has 0 unspecified atom stereocenters. The van der Waals surface area contributed by atoms with E-state index < -0.39 is 0 Å². The van der Waals surface area contributed by atoms with E-state index in [4.69, 9.17) is 5.73 Å². The largest absolute Gasteiger partial charge is 0.384 e. The molecule has 13 heavy (non-hydrogen) atoms. The zero-order valence-electron chi connectivity index (χ0n) is 7.71. The Morgan fingerprint density at radius 1 is 1.54 bits per heavy atom. The fraction of sp³-hybridized carbons (Fsp3) is 0.300. The molecular weight excluding hydrogens is 164 g/mol. The molecule has 3 N–H and O–H groups in total. The Hall–Kier alpha value is -1.35. The average molecular weight is 178 g/mol. The van der Waals surface area contributed by atoms with Crippen LogP contribution in [0.2, 0.25) is 0 Å². The van der Waals surface area contributed by atoms with Gasteiger partial charge in [0.15, 0.2) is 0 Å². The van der Waals surface area contributed by atoms with E-state index >= 15 is 0 Å². The molecule has 0 amide bonds. The lowest BCUT2D eigenvalue weighted by Gasteiger charge is -2.09. The maximum absolute atomic E-state index is 10.6. The molecule has 0 aromatic heterocycles. The summed E-state index contributed by atoms with van der Waals surface area (Å²) >= 11 is 0. The van der Waals surface area contributed by atoms with Gasteiger partial charge in [-0.2, -0.15) is 0 Å². The van der Waals surface area contributed by atoms with Gasteiger partial charge in [0.2, 0.25) is 0 Å². The van der Waals surface area contributed by atoms with E-state index in [9.17, 15) is 4.79 Å². The molecule has 1 rings (SSSR count). The quantitative estimate of drug-likeness (QED) is 0.681. The molecule has 0 aliphatic rings. The van der Waals surface area contributed by atoms with Crippen LogP contribution in [-0.4, -0.2) is 19.4 Å². The lowest BCUT2D eigenvalue weighted by atomic mass is 10.1. The maximum atomic E-state index is 10.6. The molecule has 1 aromatic carbocycles. The Kier molecular flexibility index (Phi) is 3.46. The molecule has 0 radical (unpaired) electrons. The van der Waals surface area contributed by atoms with Crippen LogP contribution in [0.15, 0.2) is 18.2 Å². The number of nitrogens with one attached hydrogen (secondary N) is 1. The number of hydrogen-bond acceptors (Lipinski definition) is 3. The number of rotatable bonds is 4. The summed E-state index contributed by atoms with van der Waals surface area (Å²) in [5, 5.41) is 3.15. The van der Waals surface area contributed by atoms with E-state index in [2.05, 4.69) is 5.32 Å². The first kappa shape index (κ1) is 9.74. The number of anilines is 1. The first-order valence-corrected chi connectivity index (χ1v) is 4.28. The normalized spacial score (nSPS) is 9.69. The standard InChI is InChI=1S/C10H14N2O/c1-8-9(7-13)3-2-4-10(8)12-6-5-11/h2-4,7,12H,5-6,11H2,1H3. The van der Waals surface area contributed by atoms with Gasteiger partial charge in [0.05, 0.1) is 0 Å². The van der Waals surface area contributed by atoms with Gasteiger partial charge in [-0.3, -0.25) is 4.79 Å². The maximum Gasteiger partial charge on any atom is 0.150 e. The second-order valence-electron chi connectivity index (χ2n) is 2.85. The van der Waals surface area contributed by atoms with Crippen LogP contribution >= 0.6 is 0 Å². The van der Waals surface area contributed by atoms with E-state index in [0.717, 1.165) is 29.6 Å². The molecule has 0 atom stereocenters. The van der Waals surface area contributed by atoms with Gasteiger partial charge in [0.25, 0.3) is 0 Å². The minimum Gasteiger partial charge on any atom is -0.384 e. The van der Waals surface area contributed by atoms with Crippen LogP contribution in [-0.2, 0) is 0 Å². The minimum atomic E-state index is 0.588. The highest BCUT2D eigenvalue weighted by molar-refractivity contribution is 5.80. The second-order valence-corrected chi connectivity index (χ2v) is 2.85. The van der Waals surface area contributed by atoms with Crippen LogP contribution in [0.3, 0.4) is 0 Å². The fourth-order valence-electron chi connectivity index (χ4n) is 1.18. The summed E-state index contributed by atoms with van der Waals surface area (Å²) in [5.41, 5.74) is 8.05. The van der Waals surface area contributed by atoms with Crippen LogP contribution in [0.4, 0.5) is 5.69 Å². The lowest BCUT2D eigenvalue weighted by Crippen LogP contribution is -2.14. The predicted octanol–water partition coefficient (Wildman–Crippen LogP) is 1.18. The molecule has 0 bridgehead atoms. The van der Waals surface area contributed by atoms with Crippen molar-refractivity contribution in [2.45, 2.75) is 6.92 Å². The van der Waals surface area contributed by atoms with Gasteiger partial charge in [0, 0.05) is 24.3 Å². The fourth-order valence-corrected chi connectivity index (χ4v) is 1.18. The third-order valence-electron chi connectivity index (χ3n) is 1.96. The Morgan fingerprint density at radius 2 is 2.31 bits per heavy atom. The van der Waals surface area contributed by atoms with Gasteiger partial charge >= 0.3 is 0 Å². The summed E-state index contributed by atoms with van der Waals surface area (Å²) in [4.78, 5) is 10.6. The third kappa shape index (κ3) is 2.29. The molecule has 70 valence electrons. The van der Waals surface area contributed by atoms with Crippen molar-refractivity contribution in [3.63, 3.8) is 0 Å². The molecule has 0 fully saturated rings. The first-order chi connectivity index (χ1) is 6.29. The second kappa shape index (κ2) is 4.62. The smallest absolute Gasteiger partial charge is 0.150 e. The molecule has 0 heterocycles. The summed E-state index contributed by atoms with van der Waals surface area (Å²) in [5.74, 6) is 0. The highest BCUT2D eigenvalue weighted by Gasteiger charge is 2.00. The molecule has 0 saturated carbocycles. The molecule has 0 saturated heterocycles. The molecule has 0 spiro atoms. The number of hydrogen-bond donors (Lipinski definition) is 2. The van der Waals surface area contributed by atoms with Gasteiger partial charge < -0.3 is 11.1 Å². The van der Waals surface area contributed by atoms with Crippen molar-refractivity contribution < 1.29 is 4.79 Å². The highest BCUT2D eigenvalue weighted by Crippen LogP contribution is 2.16. The number of aldehydes is 1. The van der Waals surface area contributed by atoms with Crippen molar-refractivity contribution in [3.8, 4) is 0 Å². The minimum absolute atomic E-state index is 0.588. The van der Waals surface area contributed by atoms with E-state index in [1.807, 2.05) is 19.1 Å². The summed E-state index contributed by atoms with van der Waals surface area (Å²) in [6.07, 6.45) is 0.864. The van der Waals surface area contributed by atoms with Crippen LogP contribution in [0.5, 0.6) is 0 Å². The van der Waals surface area contributed by atoms with Crippen molar-refractivity contribution in [1.82, 2.24) is 0 Å². The summed E-state index contributed by atoms with van der Waals surface area (Å²) in [7, 11) is 0. The van der Waals surface area contributed by atoms with Gasteiger partial charge in [-0.15, -0.1) is 0 Å². The van der Waals surface area contributed by atoms with Gasteiger partial charge in [-0.1, -0.05) is 12.1 Å². The van der Waals surface area contributed by atoms with E-state index in [-0.39, 0.29) is 0 Å². The van der Waals surface area contributed by atoms with Crippen LogP contribution in [0.1, 0.15) is 15.9 Å². The van der Waals surface area contributed by atoms with Crippen LogP contribution in [0.25, 0.3) is 0 Å². The molecule has 3 nitrogen and oxygen atoms in total. The Balaban J connectivity index is 2.87. The van der Waals surface area contributed by atoms with Gasteiger partial charge in [-0.25, -0.2) is 0 Å². The van der Waals surface area contributed by atoms with Gasteiger partial charge in [0.1, 0.15) is 6.29 Å². The van der Waals surface area contributed by atoms with Crippen molar-refractivity contribution in [3.05, 3.63) is 29.3 Å². The third-order valence-corrected chi connectivity index (χ3v) is 1.96. The highest BCUT2D eigenvalue weighted by atomic mass is 16.1. The first-order valence-electron chi connectivity index (χ1n) is 4.28. The Bertz CT molecular complexity index is 297. The molecule has 0 aliphatic heterocycles.